The van der Waals surface area contributed by atoms with Crippen LogP contribution in [0.4, 0.5) is 0 Å². The van der Waals surface area contributed by atoms with Gasteiger partial charge in [0, 0.05) is 0 Å². The van der Waals surface area contributed by atoms with E-state index in [4.69, 9.17) is 11.5 Å². The van der Waals surface area contributed by atoms with Gasteiger partial charge in [-0.1, -0.05) is 0 Å². The molecule has 0 aromatic heterocycles. The summed E-state index contributed by atoms with van der Waals surface area (Å²) in [4.78, 5) is 23.5. The molecule has 2 aromatic rings. The van der Waals surface area contributed by atoms with Crippen LogP contribution in [0.1, 0.15) is 33.6 Å². The molecule has 7 heteroatoms. The van der Waals surface area contributed by atoms with E-state index in [2.05, 4.69) is 0 Å². The maximum absolute atomic E-state index is 12.0. The summed E-state index contributed by atoms with van der Waals surface area (Å²) in [5.41, 5.74) is 11.8. The Morgan fingerprint density at radius 1 is 0.852 bits per heavy atom. The Morgan fingerprint density at radius 2 is 1.44 bits per heavy atom. The molecule has 0 amide bonds. The van der Waals surface area contributed by atoms with E-state index in [-0.39, 0.29) is 11.1 Å². The maximum atomic E-state index is 12.0. The van der Waals surface area contributed by atoms with E-state index in [1.807, 2.05) is 30.3 Å². The van der Waals surface area contributed by atoms with Crippen molar-refractivity contribution in [3.8, 4) is 0 Å². The fourth-order valence-corrected chi connectivity index (χ4v) is 8.92. The third-order valence-corrected chi connectivity index (χ3v) is 10.3. The molecule has 27 heavy (non-hydrogen) atoms. The fraction of sp³-hybridized carbons (Fsp3) is 0.300. The van der Waals surface area contributed by atoms with Gasteiger partial charge in [-0.15, -0.1) is 0 Å². The summed E-state index contributed by atoms with van der Waals surface area (Å²) < 4.78 is 0. The van der Waals surface area contributed by atoms with E-state index in [9.17, 15) is 19.8 Å². The molecule has 0 heterocycles. The molecule has 6 nitrogen and oxygen atoms in total. The Balaban J connectivity index is 2.79. The van der Waals surface area contributed by atoms with Crippen LogP contribution in [0.25, 0.3) is 0 Å². The number of carboxylic acids is 2. The molecule has 0 radical (unpaired) electrons. The second kappa shape index (κ2) is 9.60. The molecule has 0 atom stereocenters. The SMILES string of the molecule is NCCC[PH](CCCN)(c1ccccc1)c1cc(C(=O)O)ccc1C(=O)O. The molecule has 0 fully saturated rings. The average molecular weight is 390 g/mol. The Hall–Kier alpha value is -2.27. The number of benzene rings is 2. The first-order chi connectivity index (χ1) is 13.0. The molecule has 0 aliphatic rings. The minimum absolute atomic E-state index is 0.100. The van der Waals surface area contributed by atoms with Crippen LogP contribution in [0.15, 0.2) is 48.5 Å². The van der Waals surface area contributed by atoms with Gasteiger partial charge in [0.2, 0.25) is 0 Å². The van der Waals surface area contributed by atoms with Crippen LogP contribution in [-0.2, 0) is 0 Å². The second-order valence-electron chi connectivity index (χ2n) is 6.60. The molecule has 146 valence electrons. The monoisotopic (exact) mass is 390 g/mol. The topological polar surface area (TPSA) is 127 Å². The van der Waals surface area contributed by atoms with Crippen LogP contribution in [-0.4, -0.2) is 47.6 Å². The molecule has 2 aromatic carbocycles. The number of hydrogen-bond acceptors (Lipinski definition) is 4. The number of hydrogen-bond donors (Lipinski definition) is 4. The van der Waals surface area contributed by atoms with Crippen molar-refractivity contribution in [2.24, 2.45) is 11.5 Å². The zero-order valence-electron chi connectivity index (χ0n) is 15.2. The van der Waals surface area contributed by atoms with Gasteiger partial charge in [0.05, 0.1) is 0 Å². The zero-order valence-corrected chi connectivity index (χ0v) is 16.2. The Bertz CT molecular complexity index is 788. The van der Waals surface area contributed by atoms with Crippen LogP contribution in [0.5, 0.6) is 0 Å². The van der Waals surface area contributed by atoms with Gasteiger partial charge in [-0.25, -0.2) is 0 Å². The quantitative estimate of drug-likeness (QED) is 0.455. The number of carbonyl (C=O) groups is 2. The van der Waals surface area contributed by atoms with Crippen molar-refractivity contribution in [2.75, 3.05) is 25.4 Å². The number of carboxylic acid groups (broad SMARTS) is 2. The standard InChI is InChI=1S/C20H27N2O4P/c21-10-4-12-27(13-5-11-22,16-6-2-1-3-7-16)18-14-15(19(23)24)8-9-17(18)20(25)26/h1-3,6-9,14,27H,4-5,10-13,21-22H2,(H,23,24)(H,25,26). The number of nitrogens with two attached hydrogens (primary N) is 2. The molecule has 0 aliphatic carbocycles. The van der Waals surface area contributed by atoms with Gasteiger partial charge in [-0.2, -0.15) is 0 Å². The minimum atomic E-state index is -2.58. The summed E-state index contributed by atoms with van der Waals surface area (Å²) in [6.07, 6.45) is 2.97. The zero-order chi connectivity index (χ0) is 19.9. The van der Waals surface area contributed by atoms with E-state index < -0.39 is 19.2 Å². The molecule has 0 spiro atoms. The third-order valence-electron chi connectivity index (χ3n) is 4.95. The summed E-state index contributed by atoms with van der Waals surface area (Å²) >= 11 is 0. The van der Waals surface area contributed by atoms with E-state index in [0.29, 0.717) is 18.4 Å². The Morgan fingerprint density at radius 3 is 1.93 bits per heavy atom. The number of rotatable bonds is 10. The Labute approximate surface area is 159 Å². The molecular weight excluding hydrogens is 363 g/mol. The van der Waals surface area contributed by atoms with Gasteiger partial charge in [-0.05, 0) is 0 Å². The summed E-state index contributed by atoms with van der Waals surface area (Å²) in [5.74, 6) is -2.11. The van der Waals surface area contributed by atoms with Crippen molar-refractivity contribution in [3.63, 3.8) is 0 Å². The average Bonchev–Trinajstić information content (AvgIpc) is 2.68. The molecule has 2 rings (SSSR count). The summed E-state index contributed by atoms with van der Waals surface area (Å²) in [6, 6.07) is 14.1. The first kappa shape index (κ1) is 21.0. The van der Waals surface area contributed by atoms with Crippen LogP contribution in [0.2, 0.25) is 0 Å². The third kappa shape index (κ3) is 4.72. The molecular formula is C20H27N2O4P. The predicted octanol–water partition coefficient (Wildman–Crippen LogP) is 1.48. The summed E-state index contributed by atoms with van der Waals surface area (Å²) in [7, 11) is -2.58. The fourth-order valence-electron chi connectivity index (χ4n) is 3.66. The molecule has 0 unspecified atom stereocenters. The van der Waals surface area contributed by atoms with Crippen LogP contribution in [0, 0.1) is 0 Å². The van der Waals surface area contributed by atoms with E-state index >= 15 is 0 Å². The molecule has 0 saturated carbocycles. The molecule has 0 bridgehead atoms. The van der Waals surface area contributed by atoms with Crippen LogP contribution < -0.4 is 22.1 Å². The predicted molar refractivity (Wildman–Crippen MR) is 111 cm³/mol. The summed E-state index contributed by atoms with van der Waals surface area (Å²) in [5, 5.41) is 21.0. The summed E-state index contributed by atoms with van der Waals surface area (Å²) in [6.45, 7) is 0.983. The van der Waals surface area contributed by atoms with Crippen molar-refractivity contribution in [1.82, 2.24) is 0 Å². The van der Waals surface area contributed by atoms with Gasteiger partial charge in [0.15, 0.2) is 0 Å². The van der Waals surface area contributed by atoms with Gasteiger partial charge in [-0.3, -0.25) is 0 Å². The number of aromatic carboxylic acids is 2. The normalized spacial score (nSPS) is 11.9. The molecule has 0 aliphatic heterocycles. The van der Waals surface area contributed by atoms with Gasteiger partial charge in [0.1, 0.15) is 0 Å². The van der Waals surface area contributed by atoms with Gasteiger partial charge < -0.3 is 0 Å². The van der Waals surface area contributed by atoms with E-state index in [1.54, 1.807) is 6.07 Å². The van der Waals surface area contributed by atoms with E-state index in [1.165, 1.54) is 12.1 Å². The van der Waals surface area contributed by atoms with Crippen molar-refractivity contribution < 1.29 is 19.8 Å². The Kier molecular flexibility index (Phi) is 7.48. The second-order valence-corrected chi connectivity index (χ2v) is 10.9. The van der Waals surface area contributed by atoms with Crippen molar-refractivity contribution in [2.45, 2.75) is 12.8 Å². The molecule has 0 saturated heterocycles. The van der Waals surface area contributed by atoms with Crippen molar-refractivity contribution in [3.05, 3.63) is 59.7 Å². The van der Waals surface area contributed by atoms with Crippen molar-refractivity contribution in [1.29, 1.82) is 0 Å². The van der Waals surface area contributed by atoms with Crippen LogP contribution in [0.3, 0.4) is 0 Å². The van der Waals surface area contributed by atoms with E-state index in [0.717, 1.165) is 30.5 Å². The van der Waals surface area contributed by atoms with Crippen LogP contribution >= 0.6 is 7.26 Å². The first-order valence-electron chi connectivity index (χ1n) is 9.03. The van der Waals surface area contributed by atoms with Crippen molar-refractivity contribution >= 4 is 29.8 Å². The van der Waals surface area contributed by atoms with Gasteiger partial charge >= 0.3 is 159 Å². The van der Waals surface area contributed by atoms with Gasteiger partial charge in [0.25, 0.3) is 0 Å². The first-order valence-corrected chi connectivity index (χ1v) is 11.4. The molecule has 6 N–H and O–H groups in total.